The molecule has 0 aliphatic carbocycles. The van der Waals surface area contributed by atoms with Crippen molar-refractivity contribution in [1.29, 1.82) is 0 Å². The molecule has 1 rings (SSSR count). The van der Waals surface area contributed by atoms with Gasteiger partial charge in [-0.15, -0.1) is 0 Å². The number of nitrogens with zero attached hydrogens (tertiary/aromatic N) is 1. The van der Waals surface area contributed by atoms with E-state index in [0.717, 1.165) is 0 Å². The largest absolute Gasteiger partial charge is 0.465 e. The maximum absolute atomic E-state index is 10.9. The molecule has 0 atom stereocenters. The summed E-state index contributed by atoms with van der Waals surface area (Å²) in [5, 5.41) is 6.33. The van der Waals surface area contributed by atoms with Crippen molar-refractivity contribution in [1.82, 2.24) is 10.2 Å². The molecule has 0 aliphatic rings. The number of carbonyl (C=O) groups excluding carboxylic acids is 1. The Kier molecular flexibility index (Phi) is 2.53. The van der Waals surface area contributed by atoms with Gasteiger partial charge in [0, 0.05) is 5.75 Å². The summed E-state index contributed by atoms with van der Waals surface area (Å²) in [5.41, 5.74) is 1.13. The van der Waals surface area contributed by atoms with Crippen molar-refractivity contribution in [3.8, 4) is 0 Å². The summed E-state index contributed by atoms with van der Waals surface area (Å²) in [4.78, 5) is 10.9. The number of thiol groups is 1. The predicted molar refractivity (Wildman–Crippen MR) is 42.6 cm³/mol. The number of nitrogens with one attached hydrogen (secondary N) is 1. The average molecular weight is 172 g/mol. The van der Waals surface area contributed by atoms with E-state index in [2.05, 4.69) is 27.6 Å². The van der Waals surface area contributed by atoms with Crippen LogP contribution in [0.15, 0.2) is 6.20 Å². The summed E-state index contributed by atoms with van der Waals surface area (Å²) in [7, 11) is 1.33. The van der Waals surface area contributed by atoms with Crippen molar-refractivity contribution < 1.29 is 9.53 Å². The topological polar surface area (TPSA) is 55.0 Å². The van der Waals surface area contributed by atoms with Crippen molar-refractivity contribution in [2.75, 3.05) is 7.11 Å². The second kappa shape index (κ2) is 3.43. The van der Waals surface area contributed by atoms with Gasteiger partial charge in [0.2, 0.25) is 0 Å². The minimum Gasteiger partial charge on any atom is -0.465 e. The number of esters is 1. The number of ether oxygens (including phenoxy) is 1. The smallest absolute Gasteiger partial charge is 0.341 e. The number of rotatable bonds is 2. The van der Waals surface area contributed by atoms with Crippen molar-refractivity contribution in [2.45, 2.75) is 5.75 Å². The van der Waals surface area contributed by atoms with Crippen LogP contribution in [0.5, 0.6) is 0 Å². The molecule has 0 radical (unpaired) electrons. The van der Waals surface area contributed by atoms with Crippen molar-refractivity contribution in [3.05, 3.63) is 17.5 Å². The number of hydrogen-bond donors (Lipinski definition) is 2. The molecule has 0 aromatic carbocycles. The van der Waals surface area contributed by atoms with E-state index < -0.39 is 0 Å². The van der Waals surface area contributed by atoms with Crippen LogP contribution in [0.25, 0.3) is 0 Å². The minimum atomic E-state index is -0.386. The third-order valence-electron chi connectivity index (χ3n) is 1.28. The zero-order valence-corrected chi connectivity index (χ0v) is 6.89. The zero-order chi connectivity index (χ0) is 8.27. The van der Waals surface area contributed by atoms with Gasteiger partial charge in [0.1, 0.15) is 5.56 Å². The highest BCUT2D eigenvalue weighted by Gasteiger charge is 2.11. The Morgan fingerprint density at radius 3 is 3.18 bits per heavy atom. The Labute approximate surface area is 69.4 Å². The van der Waals surface area contributed by atoms with Crippen molar-refractivity contribution in [3.63, 3.8) is 0 Å². The first-order valence-electron chi connectivity index (χ1n) is 3.01. The number of aromatic nitrogens is 2. The van der Waals surface area contributed by atoms with Gasteiger partial charge >= 0.3 is 5.97 Å². The molecule has 1 N–H and O–H groups in total. The normalized spacial score (nSPS) is 9.64. The molecule has 0 aliphatic heterocycles. The molecule has 0 amide bonds. The van der Waals surface area contributed by atoms with Gasteiger partial charge in [-0.1, -0.05) is 0 Å². The first kappa shape index (κ1) is 8.13. The Morgan fingerprint density at radius 2 is 2.64 bits per heavy atom. The number of methoxy groups -OCH3 is 1. The van der Waals surface area contributed by atoms with E-state index in [1.54, 1.807) is 0 Å². The molecule has 1 aromatic rings. The number of aromatic amines is 1. The Balaban J connectivity index is 2.92. The third kappa shape index (κ3) is 1.54. The van der Waals surface area contributed by atoms with E-state index >= 15 is 0 Å². The van der Waals surface area contributed by atoms with Crippen LogP contribution in [0, 0.1) is 0 Å². The standard InChI is InChI=1S/C6H8N2O2S/c1-10-6(9)4-2-7-8-5(4)3-11/h2,11H,3H2,1H3,(H,7,8). The molecule has 11 heavy (non-hydrogen) atoms. The van der Waals surface area contributed by atoms with Crippen LogP contribution in [-0.2, 0) is 10.5 Å². The van der Waals surface area contributed by atoms with Crippen LogP contribution < -0.4 is 0 Å². The summed E-state index contributed by atoms with van der Waals surface area (Å²) in [5.74, 6) is 0.0625. The summed E-state index contributed by atoms with van der Waals surface area (Å²) >= 11 is 4.00. The third-order valence-corrected chi connectivity index (χ3v) is 1.60. The second-order valence-corrected chi connectivity index (χ2v) is 2.23. The zero-order valence-electron chi connectivity index (χ0n) is 6.00. The van der Waals surface area contributed by atoms with Crippen LogP contribution in [-0.4, -0.2) is 23.3 Å². The highest BCUT2D eigenvalue weighted by atomic mass is 32.1. The fourth-order valence-electron chi connectivity index (χ4n) is 0.719. The molecule has 60 valence electrons. The monoisotopic (exact) mass is 172 g/mol. The van der Waals surface area contributed by atoms with E-state index in [1.807, 2.05) is 0 Å². The van der Waals surface area contributed by atoms with Crippen LogP contribution in [0.2, 0.25) is 0 Å². The SMILES string of the molecule is COC(=O)c1cn[nH]c1CS. The van der Waals surface area contributed by atoms with Crippen LogP contribution >= 0.6 is 12.6 Å². The molecule has 1 heterocycles. The molecular formula is C6H8N2O2S. The van der Waals surface area contributed by atoms with Gasteiger partial charge in [-0.3, -0.25) is 5.10 Å². The number of carbonyl (C=O) groups is 1. The fraction of sp³-hybridized carbons (Fsp3) is 0.333. The lowest BCUT2D eigenvalue weighted by Crippen LogP contribution is -2.02. The highest BCUT2D eigenvalue weighted by Crippen LogP contribution is 2.07. The summed E-state index contributed by atoms with van der Waals surface area (Å²) in [6.07, 6.45) is 1.43. The van der Waals surface area contributed by atoms with E-state index in [0.29, 0.717) is 17.0 Å². The lowest BCUT2D eigenvalue weighted by Gasteiger charge is -1.95. The number of H-pyrrole nitrogens is 1. The first-order chi connectivity index (χ1) is 5.29. The minimum absolute atomic E-state index is 0.386. The molecule has 0 saturated heterocycles. The second-order valence-electron chi connectivity index (χ2n) is 1.91. The highest BCUT2D eigenvalue weighted by molar-refractivity contribution is 7.79. The van der Waals surface area contributed by atoms with Gasteiger partial charge in [-0.05, 0) is 0 Å². The lowest BCUT2D eigenvalue weighted by atomic mass is 10.3. The molecule has 0 spiro atoms. The molecule has 0 unspecified atom stereocenters. The van der Waals surface area contributed by atoms with Gasteiger partial charge < -0.3 is 4.74 Å². The van der Waals surface area contributed by atoms with Gasteiger partial charge in [0.25, 0.3) is 0 Å². The summed E-state index contributed by atoms with van der Waals surface area (Å²) < 4.78 is 4.50. The molecule has 5 heteroatoms. The maximum Gasteiger partial charge on any atom is 0.341 e. The van der Waals surface area contributed by atoms with Crippen LogP contribution in [0.3, 0.4) is 0 Å². The van der Waals surface area contributed by atoms with Crippen molar-refractivity contribution >= 4 is 18.6 Å². The number of hydrogen-bond acceptors (Lipinski definition) is 4. The molecule has 0 fully saturated rings. The molecule has 1 aromatic heterocycles. The van der Waals surface area contributed by atoms with Gasteiger partial charge in [0.15, 0.2) is 0 Å². The molecule has 0 bridgehead atoms. The first-order valence-corrected chi connectivity index (χ1v) is 3.64. The van der Waals surface area contributed by atoms with E-state index in [1.165, 1.54) is 13.3 Å². The maximum atomic E-state index is 10.9. The van der Waals surface area contributed by atoms with E-state index in [-0.39, 0.29) is 5.97 Å². The average Bonchev–Trinajstić information content (AvgIpc) is 2.50. The predicted octanol–water partition coefficient (Wildman–Crippen LogP) is 0.626. The molecular weight excluding hydrogens is 164 g/mol. The van der Waals surface area contributed by atoms with E-state index in [9.17, 15) is 4.79 Å². The van der Waals surface area contributed by atoms with Gasteiger partial charge in [-0.25, -0.2) is 4.79 Å². The lowest BCUT2D eigenvalue weighted by molar-refractivity contribution is 0.0600. The van der Waals surface area contributed by atoms with Crippen LogP contribution in [0.1, 0.15) is 16.1 Å². The van der Waals surface area contributed by atoms with Gasteiger partial charge in [0.05, 0.1) is 19.0 Å². The fourth-order valence-corrected chi connectivity index (χ4v) is 0.960. The summed E-state index contributed by atoms with van der Waals surface area (Å²) in [6.45, 7) is 0. The Bertz CT molecular complexity index is 259. The Hall–Kier alpha value is -0.970. The van der Waals surface area contributed by atoms with Crippen LogP contribution in [0.4, 0.5) is 0 Å². The summed E-state index contributed by atoms with van der Waals surface area (Å²) in [6, 6.07) is 0. The van der Waals surface area contributed by atoms with Gasteiger partial charge in [-0.2, -0.15) is 17.7 Å². The van der Waals surface area contributed by atoms with E-state index in [4.69, 9.17) is 0 Å². The van der Waals surface area contributed by atoms with Crippen molar-refractivity contribution in [2.24, 2.45) is 0 Å². The molecule has 0 saturated carbocycles. The molecule has 4 nitrogen and oxygen atoms in total. The quantitative estimate of drug-likeness (QED) is 0.508. The Morgan fingerprint density at radius 1 is 1.91 bits per heavy atom.